The molecule has 0 spiro atoms. The van der Waals surface area contributed by atoms with Crippen LogP contribution in [0.3, 0.4) is 0 Å². The second-order valence-corrected chi connectivity index (χ2v) is 26.4. The Morgan fingerprint density at radius 3 is 0.733 bits per heavy atom. The van der Waals surface area contributed by atoms with Crippen LogP contribution in [-0.4, -0.2) is 36.4 Å². The average molecular weight is 1250 g/mol. The summed E-state index contributed by atoms with van der Waals surface area (Å²) in [6, 6.07) is 0. The van der Waals surface area contributed by atoms with Crippen LogP contribution in [0.5, 0.6) is 0 Å². The lowest BCUT2D eigenvalue weighted by atomic mass is 10.0. The molecule has 0 aliphatic heterocycles. The summed E-state index contributed by atoms with van der Waals surface area (Å²) < 4.78 is 10.8. The average Bonchev–Trinajstić information content (AvgIpc) is 3.58. The molecule has 0 radical (unpaired) electrons. The van der Waals surface area contributed by atoms with E-state index in [1.165, 1.54) is 283 Å². The molecule has 0 aliphatic carbocycles. The summed E-state index contributed by atoms with van der Waals surface area (Å²) in [7, 11) is 0. The minimum atomic E-state index is -0.781. The van der Waals surface area contributed by atoms with Crippen LogP contribution in [0, 0.1) is 0 Å². The van der Waals surface area contributed by atoms with Crippen LogP contribution in [0.15, 0.2) is 109 Å². The predicted octanol–water partition coefficient (Wildman–Crippen LogP) is 27.9. The zero-order chi connectivity index (χ0) is 64.7. The van der Waals surface area contributed by atoms with Crippen LogP contribution in [-0.2, 0) is 19.1 Å². The highest BCUT2D eigenvalue weighted by atomic mass is 16.6. The van der Waals surface area contributed by atoms with Gasteiger partial charge in [-0.3, -0.25) is 9.59 Å². The maximum Gasteiger partial charge on any atom is 0.306 e. The zero-order valence-corrected chi connectivity index (χ0v) is 59.9. The lowest BCUT2D eigenvalue weighted by Crippen LogP contribution is -2.28. The van der Waals surface area contributed by atoms with Crippen molar-refractivity contribution in [2.24, 2.45) is 0 Å². The van der Waals surface area contributed by atoms with Gasteiger partial charge in [0.1, 0.15) is 6.61 Å². The SMILES string of the molecule is CC/C=C\C/C=C\C/C=C\C/C=C\C/C=C\C/C=C\C/C=C\C/C=C\CCCCCCCCCCCCC(=O)OC(CO)COC(=O)CCCCCCCCCCCCCCCCCCCCCCCCCCCCCCC/C=C\CCCCCCCCCC. The minimum Gasteiger partial charge on any atom is -0.462 e. The van der Waals surface area contributed by atoms with Crippen molar-refractivity contribution in [2.75, 3.05) is 13.2 Å². The Morgan fingerprint density at radius 2 is 0.478 bits per heavy atom. The predicted molar refractivity (Wildman–Crippen MR) is 399 cm³/mol. The first-order valence-electron chi connectivity index (χ1n) is 39.4. The van der Waals surface area contributed by atoms with Gasteiger partial charge in [0.15, 0.2) is 6.10 Å². The van der Waals surface area contributed by atoms with Gasteiger partial charge in [0.25, 0.3) is 0 Å². The summed E-state index contributed by atoms with van der Waals surface area (Å²) in [6.07, 6.45) is 116. The highest BCUT2D eigenvalue weighted by Crippen LogP contribution is 2.19. The topological polar surface area (TPSA) is 72.8 Å². The molecule has 0 fully saturated rings. The minimum absolute atomic E-state index is 0.0683. The number of aliphatic hydroxyl groups excluding tert-OH is 1. The Kier molecular flexibility index (Phi) is 76.7. The molecule has 1 atom stereocenters. The van der Waals surface area contributed by atoms with Gasteiger partial charge >= 0.3 is 11.9 Å². The Labute approximate surface area is 561 Å². The molecule has 0 bridgehead atoms. The second-order valence-electron chi connectivity index (χ2n) is 26.4. The van der Waals surface area contributed by atoms with Crippen molar-refractivity contribution in [3.63, 3.8) is 0 Å². The summed E-state index contributed by atoms with van der Waals surface area (Å²) in [5.74, 6) is -0.583. The molecule has 0 heterocycles. The van der Waals surface area contributed by atoms with Gasteiger partial charge in [0.05, 0.1) is 6.61 Å². The van der Waals surface area contributed by atoms with Crippen LogP contribution in [0.2, 0.25) is 0 Å². The first kappa shape index (κ1) is 86.6. The van der Waals surface area contributed by atoms with Crippen molar-refractivity contribution in [3.8, 4) is 0 Å². The van der Waals surface area contributed by atoms with E-state index in [9.17, 15) is 14.7 Å². The smallest absolute Gasteiger partial charge is 0.306 e. The summed E-state index contributed by atoms with van der Waals surface area (Å²) >= 11 is 0. The van der Waals surface area contributed by atoms with Crippen LogP contribution < -0.4 is 0 Å². The van der Waals surface area contributed by atoms with Crippen molar-refractivity contribution >= 4 is 11.9 Å². The van der Waals surface area contributed by atoms with E-state index in [4.69, 9.17) is 9.47 Å². The molecule has 0 rings (SSSR count). The fourth-order valence-corrected chi connectivity index (χ4v) is 11.7. The largest absolute Gasteiger partial charge is 0.462 e. The number of hydrogen-bond donors (Lipinski definition) is 1. The molecule has 0 saturated heterocycles. The summed E-state index contributed by atoms with van der Waals surface area (Å²) in [4.78, 5) is 24.7. The number of allylic oxidation sites excluding steroid dienone is 18. The zero-order valence-electron chi connectivity index (χ0n) is 59.9. The molecule has 1 unspecified atom stereocenters. The van der Waals surface area contributed by atoms with Gasteiger partial charge in [-0.1, -0.05) is 393 Å². The maximum absolute atomic E-state index is 12.4. The van der Waals surface area contributed by atoms with Crippen molar-refractivity contribution in [1.29, 1.82) is 0 Å². The van der Waals surface area contributed by atoms with E-state index < -0.39 is 6.10 Å². The van der Waals surface area contributed by atoms with E-state index >= 15 is 0 Å². The van der Waals surface area contributed by atoms with Gasteiger partial charge in [-0.15, -0.1) is 0 Å². The molecule has 0 amide bonds. The molecular weight excluding hydrogens is 1100 g/mol. The number of unbranched alkanes of at least 4 members (excludes halogenated alkanes) is 47. The first-order chi connectivity index (χ1) is 44.6. The van der Waals surface area contributed by atoms with Gasteiger partial charge in [-0.05, 0) is 103 Å². The molecule has 5 heteroatoms. The van der Waals surface area contributed by atoms with Gasteiger partial charge in [0.2, 0.25) is 0 Å². The Bertz CT molecular complexity index is 1710. The maximum atomic E-state index is 12.4. The molecule has 0 aromatic rings. The van der Waals surface area contributed by atoms with Crippen LogP contribution in [0.4, 0.5) is 0 Å². The van der Waals surface area contributed by atoms with E-state index in [1.54, 1.807) is 0 Å². The number of esters is 2. The lowest BCUT2D eigenvalue weighted by molar-refractivity contribution is -0.161. The summed E-state index contributed by atoms with van der Waals surface area (Å²) in [6.45, 7) is 4.06. The molecule has 1 N–H and O–H groups in total. The molecule has 520 valence electrons. The highest BCUT2D eigenvalue weighted by Gasteiger charge is 2.16. The van der Waals surface area contributed by atoms with Gasteiger partial charge < -0.3 is 14.6 Å². The number of carbonyl (C=O) groups excluding carboxylic acids is 2. The Morgan fingerprint density at radius 1 is 0.267 bits per heavy atom. The number of carbonyl (C=O) groups is 2. The molecule has 0 saturated carbocycles. The van der Waals surface area contributed by atoms with Crippen molar-refractivity contribution in [3.05, 3.63) is 109 Å². The third-order valence-electron chi connectivity index (χ3n) is 17.6. The van der Waals surface area contributed by atoms with E-state index in [-0.39, 0.29) is 25.2 Å². The van der Waals surface area contributed by atoms with Crippen LogP contribution in [0.1, 0.15) is 399 Å². The van der Waals surface area contributed by atoms with E-state index in [2.05, 4.69) is 123 Å². The highest BCUT2D eigenvalue weighted by molar-refractivity contribution is 5.70. The third-order valence-corrected chi connectivity index (χ3v) is 17.6. The fraction of sp³-hybridized carbons (Fsp3) is 0.765. The van der Waals surface area contributed by atoms with Crippen LogP contribution in [0.25, 0.3) is 0 Å². The quantitative estimate of drug-likeness (QED) is 0.0373. The van der Waals surface area contributed by atoms with Gasteiger partial charge in [-0.2, -0.15) is 0 Å². The third kappa shape index (κ3) is 77.0. The normalized spacial score (nSPS) is 12.8. The van der Waals surface area contributed by atoms with Gasteiger partial charge in [-0.25, -0.2) is 0 Å². The van der Waals surface area contributed by atoms with E-state index in [0.29, 0.717) is 12.8 Å². The number of aliphatic hydroxyl groups is 1. The van der Waals surface area contributed by atoms with E-state index in [1.807, 2.05) is 0 Å². The van der Waals surface area contributed by atoms with Crippen molar-refractivity contribution < 1.29 is 24.2 Å². The summed E-state index contributed by atoms with van der Waals surface area (Å²) in [5, 5.41) is 9.72. The molecule has 0 aliphatic rings. The number of rotatable bonds is 73. The van der Waals surface area contributed by atoms with Crippen molar-refractivity contribution in [2.45, 2.75) is 405 Å². The van der Waals surface area contributed by atoms with E-state index in [0.717, 1.165) is 89.9 Å². The van der Waals surface area contributed by atoms with Gasteiger partial charge in [0, 0.05) is 12.8 Å². The second kappa shape index (κ2) is 79.8. The molecular formula is C85H150O5. The van der Waals surface area contributed by atoms with Crippen molar-refractivity contribution in [1.82, 2.24) is 0 Å². The monoisotopic (exact) mass is 1250 g/mol. The molecule has 0 aromatic heterocycles. The first-order valence-corrected chi connectivity index (χ1v) is 39.4. The summed E-state index contributed by atoms with van der Waals surface area (Å²) in [5.41, 5.74) is 0. The standard InChI is InChI=1S/C85H150O5/c1-3-5-7-9-11-13-15-17-19-21-23-25-27-29-31-33-35-37-39-40-41-42-43-44-46-47-49-51-53-55-57-59-61-63-65-67-69-71-73-75-77-79-84(87)89-82-83(81-86)90-85(88)80-78-76-74-72-70-68-66-64-62-60-58-56-54-52-50-48-45-38-36-34-32-30-28-26-24-22-20-18-16-14-12-10-8-6-4-2/h6,8,12,14,18,20-21,23-24,26,30,32,36,38,48,50,54,56,83,86H,3-5,7,9-11,13,15-17,19,22,25,27-29,31,33-35,37,39-47,49,51-53,55,57-82H2,1-2H3/b8-6-,14-12-,20-18-,23-21-,26-24-,32-30-,38-36-,50-48-,56-54-. The van der Waals surface area contributed by atoms with Crippen LogP contribution >= 0.6 is 0 Å². The lowest BCUT2D eigenvalue weighted by Gasteiger charge is -2.15. The fourth-order valence-electron chi connectivity index (χ4n) is 11.7. The Hall–Kier alpha value is -3.44. The molecule has 90 heavy (non-hydrogen) atoms. The molecule has 0 aromatic carbocycles. The Balaban J connectivity index is 3.43. The number of hydrogen-bond acceptors (Lipinski definition) is 5. The molecule has 5 nitrogen and oxygen atoms in total. The number of ether oxygens (including phenoxy) is 2.